The highest BCUT2D eigenvalue weighted by Gasteiger charge is 2.27. The highest BCUT2D eigenvalue weighted by Crippen LogP contribution is 2.40. The van der Waals surface area contributed by atoms with E-state index in [0.717, 1.165) is 16.7 Å². The SMILES string of the molecule is Cc1ccc(C(C)(C)C)c([O])c1C(C)(C)C. The molecule has 0 aliphatic rings. The lowest BCUT2D eigenvalue weighted by atomic mass is 9.77. The maximum atomic E-state index is 12.5. The van der Waals surface area contributed by atoms with Gasteiger partial charge in [-0.2, -0.15) is 0 Å². The van der Waals surface area contributed by atoms with Gasteiger partial charge in [0.25, 0.3) is 0 Å². The van der Waals surface area contributed by atoms with Gasteiger partial charge in [-0.05, 0) is 23.3 Å². The van der Waals surface area contributed by atoms with Crippen molar-refractivity contribution in [2.75, 3.05) is 0 Å². The maximum Gasteiger partial charge on any atom is 0.186 e. The quantitative estimate of drug-likeness (QED) is 0.601. The van der Waals surface area contributed by atoms with Gasteiger partial charge in [-0.3, -0.25) is 5.11 Å². The molecule has 1 aromatic rings. The summed E-state index contributed by atoms with van der Waals surface area (Å²) in [6, 6.07) is 4.05. The summed E-state index contributed by atoms with van der Waals surface area (Å²) in [5.41, 5.74) is 2.82. The van der Waals surface area contributed by atoms with Crippen LogP contribution in [-0.4, -0.2) is 0 Å². The van der Waals surface area contributed by atoms with Gasteiger partial charge in [-0.1, -0.05) is 53.7 Å². The van der Waals surface area contributed by atoms with E-state index in [1.807, 2.05) is 13.0 Å². The summed E-state index contributed by atoms with van der Waals surface area (Å²) < 4.78 is 0. The fourth-order valence-electron chi connectivity index (χ4n) is 2.20. The second-order valence-electron chi connectivity index (χ2n) is 6.63. The summed E-state index contributed by atoms with van der Waals surface area (Å²) in [7, 11) is 0. The molecule has 1 rings (SSSR count). The van der Waals surface area contributed by atoms with Crippen molar-refractivity contribution in [1.82, 2.24) is 0 Å². The standard InChI is InChI=1S/C15H23O/c1-10-8-9-11(14(2,3)4)13(16)12(10)15(5,6)7/h8-9H,1-7H3. The largest absolute Gasteiger partial charge is 0.289 e. The van der Waals surface area contributed by atoms with Gasteiger partial charge in [0.2, 0.25) is 0 Å². The third kappa shape index (κ3) is 2.40. The Morgan fingerprint density at radius 2 is 1.38 bits per heavy atom. The van der Waals surface area contributed by atoms with Crippen LogP contribution in [0.4, 0.5) is 0 Å². The molecule has 0 saturated heterocycles. The van der Waals surface area contributed by atoms with Crippen molar-refractivity contribution >= 4 is 0 Å². The second kappa shape index (κ2) is 3.80. The molecule has 0 aromatic heterocycles. The van der Waals surface area contributed by atoms with Crippen LogP contribution in [0.3, 0.4) is 0 Å². The van der Waals surface area contributed by atoms with E-state index in [0.29, 0.717) is 0 Å². The van der Waals surface area contributed by atoms with E-state index in [2.05, 4.69) is 47.6 Å². The molecule has 0 atom stereocenters. The lowest BCUT2D eigenvalue weighted by molar-refractivity contribution is 0.326. The van der Waals surface area contributed by atoms with Crippen LogP contribution in [-0.2, 0) is 15.9 Å². The normalized spacial score (nSPS) is 12.9. The van der Waals surface area contributed by atoms with E-state index < -0.39 is 0 Å². The number of hydrogen-bond acceptors (Lipinski definition) is 0. The smallest absolute Gasteiger partial charge is 0.186 e. The fourth-order valence-corrected chi connectivity index (χ4v) is 2.20. The minimum Gasteiger partial charge on any atom is -0.289 e. The van der Waals surface area contributed by atoms with E-state index >= 15 is 0 Å². The van der Waals surface area contributed by atoms with Gasteiger partial charge < -0.3 is 0 Å². The minimum atomic E-state index is -0.0809. The van der Waals surface area contributed by atoms with E-state index in [1.54, 1.807) is 0 Å². The number of benzene rings is 1. The summed E-state index contributed by atoms with van der Waals surface area (Å²) >= 11 is 0. The number of rotatable bonds is 0. The van der Waals surface area contributed by atoms with Crippen LogP contribution in [0.25, 0.3) is 0 Å². The van der Waals surface area contributed by atoms with Gasteiger partial charge >= 0.3 is 0 Å². The van der Waals surface area contributed by atoms with Gasteiger partial charge in [0.1, 0.15) is 0 Å². The third-order valence-corrected chi connectivity index (χ3v) is 2.92. The first-order valence-electron chi connectivity index (χ1n) is 5.86. The van der Waals surface area contributed by atoms with Gasteiger partial charge in [0, 0.05) is 11.1 Å². The van der Waals surface area contributed by atoms with Crippen molar-refractivity contribution in [3.63, 3.8) is 0 Å². The van der Waals surface area contributed by atoms with Crippen molar-refractivity contribution in [2.24, 2.45) is 0 Å². The molecule has 0 unspecified atom stereocenters. The highest BCUT2D eigenvalue weighted by atomic mass is 16.3. The molecule has 1 radical (unpaired) electrons. The molecule has 0 amide bonds. The minimum absolute atomic E-state index is 0.0786. The molecule has 1 heteroatoms. The van der Waals surface area contributed by atoms with E-state index in [9.17, 15) is 5.11 Å². The van der Waals surface area contributed by atoms with Gasteiger partial charge in [0.05, 0.1) is 0 Å². The molecule has 0 aliphatic heterocycles. The Balaban J connectivity index is 3.52. The fraction of sp³-hybridized carbons (Fsp3) is 0.600. The van der Waals surface area contributed by atoms with Gasteiger partial charge in [-0.25, -0.2) is 0 Å². The second-order valence-corrected chi connectivity index (χ2v) is 6.63. The Bertz CT molecular complexity index is 389. The van der Waals surface area contributed by atoms with Crippen LogP contribution in [0, 0.1) is 6.92 Å². The van der Waals surface area contributed by atoms with Crippen LogP contribution in [0.15, 0.2) is 12.1 Å². The number of aryl methyl sites for hydroxylation is 1. The molecule has 89 valence electrons. The Morgan fingerprint density at radius 3 is 1.75 bits per heavy atom. The molecule has 1 aromatic carbocycles. The molecular weight excluding hydrogens is 196 g/mol. The molecule has 0 aliphatic carbocycles. The summed E-state index contributed by atoms with van der Waals surface area (Å²) in [6.45, 7) is 14.6. The van der Waals surface area contributed by atoms with E-state index in [1.165, 1.54) is 0 Å². The molecule has 0 saturated carbocycles. The summed E-state index contributed by atoms with van der Waals surface area (Å²) in [6.07, 6.45) is 0. The average molecular weight is 219 g/mol. The molecule has 0 spiro atoms. The van der Waals surface area contributed by atoms with Crippen LogP contribution in [0.5, 0.6) is 5.75 Å². The first kappa shape index (κ1) is 13.1. The van der Waals surface area contributed by atoms with Crippen LogP contribution >= 0.6 is 0 Å². The van der Waals surface area contributed by atoms with E-state index in [-0.39, 0.29) is 16.6 Å². The number of hydrogen-bond donors (Lipinski definition) is 0. The Labute approximate surface area is 99.5 Å². The molecule has 0 heterocycles. The predicted molar refractivity (Wildman–Crippen MR) is 68.7 cm³/mol. The molecule has 1 nitrogen and oxygen atoms in total. The Kier molecular flexibility index (Phi) is 3.11. The lowest BCUT2D eigenvalue weighted by Gasteiger charge is -2.27. The molecular formula is C15H23O. The first-order valence-corrected chi connectivity index (χ1v) is 5.86. The van der Waals surface area contributed by atoms with Crippen molar-refractivity contribution in [3.8, 4) is 5.75 Å². The zero-order chi connectivity index (χ0) is 12.7. The summed E-state index contributed by atoms with van der Waals surface area (Å²) in [4.78, 5) is 0. The molecule has 0 N–H and O–H groups in total. The van der Waals surface area contributed by atoms with Gasteiger partial charge in [-0.15, -0.1) is 0 Å². The summed E-state index contributed by atoms with van der Waals surface area (Å²) in [5.74, 6) is 0.222. The lowest BCUT2D eigenvalue weighted by Crippen LogP contribution is -2.17. The predicted octanol–water partition coefficient (Wildman–Crippen LogP) is 4.73. The van der Waals surface area contributed by atoms with Gasteiger partial charge in [0.15, 0.2) is 5.75 Å². The van der Waals surface area contributed by atoms with Crippen LogP contribution in [0.1, 0.15) is 58.2 Å². The van der Waals surface area contributed by atoms with Crippen molar-refractivity contribution < 1.29 is 5.11 Å². The Morgan fingerprint density at radius 1 is 0.875 bits per heavy atom. The monoisotopic (exact) mass is 219 g/mol. The van der Waals surface area contributed by atoms with Crippen LogP contribution in [0.2, 0.25) is 0 Å². The highest BCUT2D eigenvalue weighted by molar-refractivity contribution is 5.50. The third-order valence-electron chi connectivity index (χ3n) is 2.92. The summed E-state index contributed by atoms with van der Waals surface area (Å²) in [5, 5.41) is 12.5. The average Bonchev–Trinajstić information content (AvgIpc) is 1.97. The van der Waals surface area contributed by atoms with E-state index in [4.69, 9.17) is 0 Å². The van der Waals surface area contributed by atoms with Crippen molar-refractivity contribution in [3.05, 3.63) is 28.8 Å². The maximum absolute atomic E-state index is 12.5. The molecule has 0 fully saturated rings. The van der Waals surface area contributed by atoms with Crippen LogP contribution < -0.4 is 0 Å². The van der Waals surface area contributed by atoms with Crippen molar-refractivity contribution in [2.45, 2.75) is 59.3 Å². The zero-order valence-corrected chi connectivity index (χ0v) is 11.6. The zero-order valence-electron chi connectivity index (χ0n) is 11.6. The molecule has 0 bridgehead atoms. The molecule has 16 heavy (non-hydrogen) atoms. The van der Waals surface area contributed by atoms with Crippen molar-refractivity contribution in [1.29, 1.82) is 0 Å². The Hall–Kier alpha value is -0.980. The topological polar surface area (TPSA) is 19.9 Å². The first-order chi connectivity index (χ1) is 7.05.